The van der Waals surface area contributed by atoms with Crippen LogP contribution < -0.4 is 31.9 Å². The summed E-state index contributed by atoms with van der Waals surface area (Å²) in [7, 11) is 1.83. The molecule has 3 rings (SSSR count). The van der Waals surface area contributed by atoms with E-state index in [1.54, 1.807) is 0 Å². The number of hydrogen-bond donors (Lipinski definition) is 6. The fraction of sp³-hybridized carbons (Fsp3) is 1.00. The summed E-state index contributed by atoms with van der Waals surface area (Å²) >= 11 is 0. The zero-order chi connectivity index (χ0) is 18.2. The summed E-state index contributed by atoms with van der Waals surface area (Å²) in [6.07, 6.45) is 8.06. The van der Waals surface area contributed by atoms with Gasteiger partial charge in [-0.05, 0) is 58.2 Å². The molecule has 2 aliphatic heterocycles. The molecule has 8 heteroatoms. The van der Waals surface area contributed by atoms with Gasteiger partial charge in [0.1, 0.15) is 18.9 Å². The number of nitrogens with zero attached hydrogens (tertiary/aromatic N) is 1. The van der Waals surface area contributed by atoms with E-state index in [-0.39, 0.29) is 18.9 Å². The van der Waals surface area contributed by atoms with Gasteiger partial charge in [-0.1, -0.05) is 6.92 Å². The number of likely N-dealkylation sites (tertiary alicyclic amines) is 1. The van der Waals surface area contributed by atoms with E-state index in [9.17, 15) is 0 Å². The van der Waals surface area contributed by atoms with Crippen molar-refractivity contribution >= 4 is 0 Å². The van der Waals surface area contributed by atoms with Gasteiger partial charge in [0.2, 0.25) is 0 Å². The second-order valence-corrected chi connectivity index (χ2v) is 7.74. The van der Waals surface area contributed by atoms with Gasteiger partial charge < -0.3 is 9.64 Å². The smallest absolute Gasteiger partial charge is 0.116 e. The minimum atomic E-state index is 0.0914. The molecule has 3 fully saturated rings. The maximum atomic E-state index is 5.49. The molecule has 3 unspecified atom stereocenters. The molecule has 0 aromatic carbocycles. The van der Waals surface area contributed by atoms with Crippen LogP contribution in [0.25, 0.3) is 0 Å². The Morgan fingerprint density at radius 2 is 1.58 bits per heavy atom. The first-order valence-electron chi connectivity index (χ1n) is 10.5. The molecule has 2 heterocycles. The second-order valence-electron chi connectivity index (χ2n) is 7.74. The van der Waals surface area contributed by atoms with Crippen LogP contribution in [0.4, 0.5) is 0 Å². The number of ether oxygens (including phenoxy) is 1. The summed E-state index contributed by atoms with van der Waals surface area (Å²) in [5.74, 6) is 0. The molecule has 152 valence electrons. The molecule has 1 aliphatic carbocycles. The normalized spacial score (nSPS) is 36.5. The van der Waals surface area contributed by atoms with Gasteiger partial charge >= 0.3 is 0 Å². The van der Waals surface area contributed by atoms with Crippen molar-refractivity contribution < 1.29 is 4.74 Å². The van der Waals surface area contributed by atoms with Gasteiger partial charge in [0.05, 0.1) is 6.10 Å². The van der Waals surface area contributed by atoms with Crippen LogP contribution in [-0.4, -0.2) is 75.7 Å². The van der Waals surface area contributed by atoms with Gasteiger partial charge in [0.25, 0.3) is 0 Å². The molecule has 0 aromatic heterocycles. The SMILES string of the molecule is CCNC1NC(NCCN2CCCC2)NC(NC2CCC(OC)CC2)N1. The van der Waals surface area contributed by atoms with E-state index < -0.39 is 0 Å². The van der Waals surface area contributed by atoms with Gasteiger partial charge in [0, 0.05) is 26.2 Å². The maximum absolute atomic E-state index is 5.49. The maximum Gasteiger partial charge on any atom is 0.116 e. The van der Waals surface area contributed by atoms with Crippen molar-refractivity contribution in [3.05, 3.63) is 0 Å². The van der Waals surface area contributed by atoms with Crippen LogP contribution in [0.1, 0.15) is 45.4 Å². The third kappa shape index (κ3) is 6.38. The molecule has 2 saturated heterocycles. The Morgan fingerprint density at radius 1 is 0.923 bits per heavy atom. The fourth-order valence-electron chi connectivity index (χ4n) is 4.25. The Morgan fingerprint density at radius 3 is 2.23 bits per heavy atom. The molecule has 6 N–H and O–H groups in total. The van der Waals surface area contributed by atoms with Crippen molar-refractivity contribution in [3.8, 4) is 0 Å². The number of nitrogens with one attached hydrogen (secondary N) is 6. The van der Waals surface area contributed by atoms with E-state index in [4.69, 9.17) is 4.74 Å². The topological polar surface area (TPSA) is 84.7 Å². The minimum absolute atomic E-state index is 0.0914. The molecule has 0 aromatic rings. The predicted octanol–water partition coefficient (Wildman–Crippen LogP) is -0.538. The van der Waals surface area contributed by atoms with Crippen LogP contribution >= 0.6 is 0 Å². The van der Waals surface area contributed by atoms with E-state index in [0.717, 1.165) is 32.5 Å². The molecule has 8 nitrogen and oxygen atoms in total. The lowest BCUT2D eigenvalue weighted by molar-refractivity contribution is 0.0537. The molecule has 0 bridgehead atoms. The number of hydrogen-bond acceptors (Lipinski definition) is 8. The Hall–Kier alpha value is -0.320. The average molecular weight is 370 g/mol. The molecule has 26 heavy (non-hydrogen) atoms. The summed E-state index contributed by atoms with van der Waals surface area (Å²) in [6.45, 7) is 7.69. The quantitative estimate of drug-likeness (QED) is 0.323. The third-order valence-corrected chi connectivity index (χ3v) is 5.79. The first-order valence-corrected chi connectivity index (χ1v) is 10.5. The number of rotatable bonds is 9. The average Bonchev–Trinajstić information content (AvgIpc) is 3.16. The van der Waals surface area contributed by atoms with Gasteiger partial charge in [-0.15, -0.1) is 0 Å². The lowest BCUT2D eigenvalue weighted by Gasteiger charge is -2.42. The van der Waals surface area contributed by atoms with Crippen molar-refractivity contribution in [1.29, 1.82) is 0 Å². The number of methoxy groups -OCH3 is 1. The standard InChI is InChI=1S/C18H39N7O/c1-3-19-16-22-17(20-10-13-25-11-4-5-12-25)24-18(23-16)21-14-6-8-15(26-2)9-7-14/h14-24H,3-13H2,1-2H3. The van der Waals surface area contributed by atoms with E-state index in [0.29, 0.717) is 12.1 Å². The van der Waals surface area contributed by atoms with Gasteiger partial charge in [-0.25, -0.2) is 0 Å². The highest BCUT2D eigenvalue weighted by Gasteiger charge is 2.29. The minimum Gasteiger partial charge on any atom is -0.381 e. The largest absolute Gasteiger partial charge is 0.381 e. The van der Waals surface area contributed by atoms with Crippen LogP contribution in [-0.2, 0) is 4.74 Å². The van der Waals surface area contributed by atoms with Gasteiger partial charge in [-0.2, -0.15) is 0 Å². The Bertz CT molecular complexity index is 386. The lowest BCUT2D eigenvalue weighted by atomic mass is 9.93. The molecule has 0 spiro atoms. The molecular weight excluding hydrogens is 330 g/mol. The highest BCUT2D eigenvalue weighted by molar-refractivity contribution is 4.85. The summed E-state index contributed by atoms with van der Waals surface area (Å²) in [4.78, 5) is 2.54. The van der Waals surface area contributed by atoms with Crippen LogP contribution in [0.2, 0.25) is 0 Å². The van der Waals surface area contributed by atoms with Crippen LogP contribution in [0.5, 0.6) is 0 Å². The van der Waals surface area contributed by atoms with Crippen molar-refractivity contribution in [1.82, 2.24) is 36.8 Å². The zero-order valence-corrected chi connectivity index (χ0v) is 16.5. The summed E-state index contributed by atoms with van der Waals surface area (Å²) in [5.41, 5.74) is 0. The highest BCUT2D eigenvalue weighted by atomic mass is 16.5. The zero-order valence-electron chi connectivity index (χ0n) is 16.5. The van der Waals surface area contributed by atoms with Gasteiger partial charge in [-0.3, -0.25) is 31.9 Å². The van der Waals surface area contributed by atoms with Crippen LogP contribution in [0.15, 0.2) is 0 Å². The second kappa shape index (κ2) is 10.9. The van der Waals surface area contributed by atoms with E-state index in [1.165, 1.54) is 38.8 Å². The summed E-state index contributed by atoms with van der Waals surface area (Å²) < 4.78 is 5.49. The monoisotopic (exact) mass is 369 g/mol. The van der Waals surface area contributed by atoms with E-state index >= 15 is 0 Å². The molecule has 0 amide bonds. The highest BCUT2D eigenvalue weighted by Crippen LogP contribution is 2.20. The summed E-state index contributed by atoms with van der Waals surface area (Å²) in [6, 6.07) is 0.539. The van der Waals surface area contributed by atoms with Crippen molar-refractivity contribution in [2.75, 3.05) is 39.8 Å². The molecule has 3 atom stereocenters. The predicted molar refractivity (Wildman–Crippen MR) is 104 cm³/mol. The van der Waals surface area contributed by atoms with Crippen LogP contribution in [0.3, 0.4) is 0 Å². The van der Waals surface area contributed by atoms with Crippen molar-refractivity contribution in [3.63, 3.8) is 0 Å². The van der Waals surface area contributed by atoms with E-state index in [2.05, 4.69) is 43.7 Å². The molecule has 3 aliphatic rings. The Labute approximate surface area is 158 Å². The lowest BCUT2D eigenvalue weighted by Crippen LogP contribution is -2.78. The van der Waals surface area contributed by atoms with E-state index in [1.807, 2.05) is 7.11 Å². The Balaban J connectivity index is 1.42. The molecular formula is C18H39N7O. The third-order valence-electron chi connectivity index (χ3n) is 5.79. The Kier molecular flexibility index (Phi) is 8.54. The van der Waals surface area contributed by atoms with Crippen molar-refractivity contribution in [2.24, 2.45) is 0 Å². The molecule has 1 saturated carbocycles. The van der Waals surface area contributed by atoms with Gasteiger partial charge in [0.15, 0.2) is 0 Å². The first-order chi connectivity index (χ1) is 12.8. The van der Waals surface area contributed by atoms with Crippen molar-refractivity contribution in [2.45, 2.75) is 76.5 Å². The fourth-order valence-corrected chi connectivity index (χ4v) is 4.25. The first kappa shape index (κ1) is 20.4. The van der Waals surface area contributed by atoms with Crippen LogP contribution in [0, 0.1) is 0 Å². The summed E-state index contributed by atoms with van der Waals surface area (Å²) in [5, 5.41) is 21.5. The molecule has 0 radical (unpaired) electrons.